The second-order valence-corrected chi connectivity index (χ2v) is 4.56. The first-order chi connectivity index (χ1) is 7.52. The highest BCUT2D eigenvalue weighted by Crippen LogP contribution is 2.18. The van der Waals surface area contributed by atoms with Gasteiger partial charge in [-0.1, -0.05) is 19.9 Å². The molecule has 0 aliphatic rings. The van der Waals surface area contributed by atoms with Gasteiger partial charge in [-0.15, -0.1) is 0 Å². The molecular formula is C13H20FNO. The predicted octanol–water partition coefficient (Wildman–Crippen LogP) is 2.92. The first kappa shape index (κ1) is 13.0. The zero-order valence-corrected chi connectivity index (χ0v) is 10.5. The molecule has 0 spiro atoms. The molecule has 0 saturated carbocycles. The van der Waals surface area contributed by atoms with Gasteiger partial charge in [-0.25, -0.2) is 4.39 Å². The average Bonchev–Trinajstić information content (AvgIpc) is 2.16. The molecule has 0 aliphatic carbocycles. The van der Waals surface area contributed by atoms with Crippen LogP contribution in [-0.4, -0.2) is 25.6 Å². The molecular weight excluding hydrogens is 205 g/mol. The van der Waals surface area contributed by atoms with Crippen LogP contribution in [0.5, 0.6) is 5.75 Å². The van der Waals surface area contributed by atoms with E-state index in [1.807, 2.05) is 13.1 Å². The maximum absolute atomic E-state index is 13.4. The van der Waals surface area contributed by atoms with Gasteiger partial charge in [0, 0.05) is 13.1 Å². The van der Waals surface area contributed by atoms with Gasteiger partial charge in [0.15, 0.2) is 11.6 Å². The van der Waals surface area contributed by atoms with Gasteiger partial charge in [-0.3, -0.25) is 0 Å². The Morgan fingerprint density at radius 1 is 1.38 bits per heavy atom. The van der Waals surface area contributed by atoms with Crippen molar-refractivity contribution in [2.45, 2.75) is 20.4 Å². The average molecular weight is 225 g/mol. The topological polar surface area (TPSA) is 12.5 Å². The summed E-state index contributed by atoms with van der Waals surface area (Å²) in [6, 6.07) is 5.11. The van der Waals surface area contributed by atoms with Gasteiger partial charge >= 0.3 is 0 Å². The summed E-state index contributed by atoms with van der Waals surface area (Å²) in [4.78, 5) is 2.19. The van der Waals surface area contributed by atoms with Crippen molar-refractivity contribution in [3.63, 3.8) is 0 Å². The van der Waals surface area contributed by atoms with Gasteiger partial charge in [-0.2, -0.15) is 0 Å². The molecule has 0 bridgehead atoms. The van der Waals surface area contributed by atoms with Crippen LogP contribution >= 0.6 is 0 Å². The normalized spacial score (nSPS) is 11.2. The number of ether oxygens (including phenoxy) is 1. The molecule has 0 aliphatic heterocycles. The molecule has 90 valence electrons. The highest BCUT2D eigenvalue weighted by atomic mass is 19.1. The SMILES string of the molecule is COc1ccc(CN(C)CC(C)C)cc1F. The van der Waals surface area contributed by atoms with Crippen molar-refractivity contribution in [3.05, 3.63) is 29.6 Å². The van der Waals surface area contributed by atoms with E-state index in [2.05, 4.69) is 18.7 Å². The van der Waals surface area contributed by atoms with Crippen molar-refractivity contribution in [3.8, 4) is 5.75 Å². The van der Waals surface area contributed by atoms with Crippen LogP contribution in [0.3, 0.4) is 0 Å². The highest BCUT2D eigenvalue weighted by molar-refractivity contribution is 5.29. The number of halogens is 1. The number of hydrogen-bond donors (Lipinski definition) is 0. The van der Waals surface area contributed by atoms with Crippen LogP contribution in [0.25, 0.3) is 0 Å². The summed E-state index contributed by atoms with van der Waals surface area (Å²) in [5, 5.41) is 0. The fourth-order valence-corrected chi connectivity index (χ4v) is 1.81. The van der Waals surface area contributed by atoms with E-state index in [9.17, 15) is 4.39 Å². The van der Waals surface area contributed by atoms with E-state index < -0.39 is 0 Å². The first-order valence-corrected chi connectivity index (χ1v) is 5.54. The lowest BCUT2D eigenvalue weighted by Crippen LogP contribution is -2.22. The zero-order chi connectivity index (χ0) is 12.1. The van der Waals surface area contributed by atoms with Crippen LogP contribution in [-0.2, 0) is 6.54 Å². The fourth-order valence-electron chi connectivity index (χ4n) is 1.81. The third-order valence-corrected chi connectivity index (χ3v) is 2.35. The fraction of sp³-hybridized carbons (Fsp3) is 0.538. The summed E-state index contributed by atoms with van der Waals surface area (Å²) < 4.78 is 18.3. The van der Waals surface area contributed by atoms with Crippen LogP contribution < -0.4 is 4.74 Å². The molecule has 1 aromatic rings. The molecule has 3 heteroatoms. The molecule has 0 fully saturated rings. The minimum Gasteiger partial charge on any atom is -0.494 e. The van der Waals surface area contributed by atoms with Gasteiger partial charge in [-0.05, 0) is 30.7 Å². The van der Waals surface area contributed by atoms with Crippen LogP contribution in [0, 0.1) is 11.7 Å². The van der Waals surface area contributed by atoms with Crippen LogP contribution in [0.15, 0.2) is 18.2 Å². The summed E-state index contributed by atoms with van der Waals surface area (Å²) in [6.07, 6.45) is 0. The molecule has 0 atom stereocenters. The van der Waals surface area contributed by atoms with Crippen LogP contribution in [0.1, 0.15) is 19.4 Å². The Kier molecular flexibility index (Phi) is 4.74. The van der Waals surface area contributed by atoms with Crippen molar-refractivity contribution in [1.82, 2.24) is 4.90 Å². The molecule has 0 N–H and O–H groups in total. The second-order valence-electron chi connectivity index (χ2n) is 4.56. The van der Waals surface area contributed by atoms with Crippen molar-refractivity contribution in [2.75, 3.05) is 20.7 Å². The summed E-state index contributed by atoms with van der Waals surface area (Å²) in [6.45, 7) is 6.11. The summed E-state index contributed by atoms with van der Waals surface area (Å²) in [5.41, 5.74) is 0.974. The molecule has 0 saturated heterocycles. The van der Waals surface area contributed by atoms with Gasteiger partial charge in [0.05, 0.1) is 7.11 Å². The van der Waals surface area contributed by atoms with Gasteiger partial charge in [0.1, 0.15) is 0 Å². The highest BCUT2D eigenvalue weighted by Gasteiger charge is 2.06. The zero-order valence-electron chi connectivity index (χ0n) is 10.5. The standard InChI is InChI=1S/C13H20FNO/c1-10(2)8-15(3)9-11-5-6-13(16-4)12(14)7-11/h5-7,10H,8-9H2,1-4H3. The Bertz CT molecular complexity index is 339. The molecule has 0 radical (unpaired) electrons. The van der Waals surface area contributed by atoms with Crippen molar-refractivity contribution in [1.29, 1.82) is 0 Å². The minimum atomic E-state index is -0.294. The number of methoxy groups -OCH3 is 1. The van der Waals surface area contributed by atoms with Gasteiger partial charge in [0.25, 0.3) is 0 Å². The third kappa shape index (κ3) is 3.81. The first-order valence-electron chi connectivity index (χ1n) is 5.54. The minimum absolute atomic E-state index is 0.294. The molecule has 0 amide bonds. The molecule has 0 unspecified atom stereocenters. The van der Waals surface area contributed by atoms with E-state index in [1.54, 1.807) is 6.07 Å². The molecule has 0 heterocycles. The van der Waals surface area contributed by atoms with Gasteiger partial charge in [0.2, 0.25) is 0 Å². The quantitative estimate of drug-likeness (QED) is 0.764. The van der Waals surface area contributed by atoms with Crippen LogP contribution in [0.2, 0.25) is 0 Å². The third-order valence-electron chi connectivity index (χ3n) is 2.35. The maximum Gasteiger partial charge on any atom is 0.165 e. The second kappa shape index (κ2) is 5.85. The Labute approximate surface area is 97.0 Å². The monoisotopic (exact) mass is 225 g/mol. The molecule has 2 nitrogen and oxygen atoms in total. The van der Waals surface area contributed by atoms with Crippen LogP contribution in [0.4, 0.5) is 4.39 Å². The number of hydrogen-bond acceptors (Lipinski definition) is 2. The lowest BCUT2D eigenvalue weighted by Gasteiger charge is -2.19. The largest absolute Gasteiger partial charge is 0.494 e. The van der Waals surface area contributed by atoms with Crippen molar-refractivity contribution >= 4 is 0 Å². The van der Waals surface area contributed by atoms with Crippen molar-refractivity contribution < 1.29 is 9.13 Å². The van der Waals surface area contributed by atoms with E-state index in [4.69, 9.17) is 4.74 Å². The van der Waals surface area contributed by atoms with E-state index in [0.29, 0.717) is 11.7 Å². The van der Waals surface area contributed by atoms with Gasteiger partial charge < -0.3 is 9.64 Å². The van der Waals surface area contributed by atoms with E-state index >= 15 is 0 Å². The summed E-state index contributed by atoms with van der Waals surface area (Å²) >= 11 is 0. The molecule has 1 aromatic carbocycles. The van der Waals surface area contributed by atoms with Crippen molar-refractivity contribution in [2.24, 2.45) is 5.92 Å². The Hall–Kier alpha value is -1.09. The molecule has 1 rings (SSSR count). The Balaban J connectivity index is 2.64. The maximum atomic E-state index is 13.4. The lowest BCUT2D eigenvalue weighted by molar-refractivity contribution is 0.287. The Morgan fingerprint density at radius 2 is 2.06 bits per heavy atom. The number of rotatable bonds is 5. The molecule has 16 heavy (non-hydrogen) atoms. The molecule has 0 aromatic heterocycles. The summed E-state index contributed by atoms with van der Waals surface area (Å²) in [7, 11) is 3.52. The van der Waals surface area contributed by atoms with E-state index in [0.717, 1.165) is 18.7 Å². The van der Waals surface area contributed by atoms with E-state index in [-0.39, 0.29) is 5.82 Å². The number of benzene rings is 1. The Morgan fingerprint density at radius 3 is 2.56 bits per heavy atom. The lowest BCUT2D eigenvalue weighted by atomic mass is 10.1. The van der Waals surface area contributed by atoms with E-state index in [1.165, 1.54) is 13.2 Å². The summed E-state index contributed by atoms with van der Waals surface area (Å²) in [5.74, 6) is 0.626. The predicted molar refractivity (Wildman–Crippen MR) is 64.1 cm³/mol. The number of nitrogens with zero attached hydrogens (tertiary/aromatic N) is 1. The smallest absolute Gasteiger partial charge is 0.165 e.